The lowest BCUT2D eigenvalue weighted by molar-refractivity contribution is 0.0581. The standard InChI is InChI=1S/C10H8F2N2O2/c1-5-3-6(4-13)14-8(10(15)16-2)7(5)9(11)12/h3,9H,1-2H3. The minimum absolute atomic E-state index is 0.0951. The van der Waals surface area contributed by atoms with Crippen LogP contribution in [0.1, 0.15) is 33.7 Å². The molecule has 0 saturated carbocycles. The van der Waals surface area contributed by atoms with Gasteiger partial charge in [0.25, 0.3) is 6.43 Å². The summed E-state index contributed by atoms with van der Waals surface area (Å²) in [6, 6.07) is 2.89. The molecule has 0 amide bonds. The van der Waals surface area contributed by atoms with E-state index in [4.69, 9.17) is 5.26 Å². The molecule has 1 rings (SSSR count). The summed E-state index contributed by atoms with van der Waals surface area (Å²) in [7, 11) is 1.06. The number of hydrogen-bond donors (Lipinski definition) is 0. The lowest BCUT2D eigenvalue weighted by Gasteiger charge is -2.09. The quantitative estimate of drug-likeness (QED) is 0.723. The van der Waals surface area contributed by atoms with Gasteiger partial charge in [0.2, 0.25) is 0 Å². The van der Waals surface area contributed by atoms with Crippen molar-refractivity contribution in [1.29, 1.82) is 5.26 Å². The van der Waals surface area contributed by atoms with Crippen molar-refractivity contribution < 1.29 is 18.3 Å². The Kier molecular flexibility index (Phi) is 3.51. The van der Waals surface area contributed by atoms with Crippen LogP contribution in [0, 0.1) is 18.3 Å². The Balaban J connectivity index is 3.48. The number of nitriles is 1. The maximum atomic E-state index is 12.7. The molecule has 1 heterocycles. The van der Waals surface area contributed by atoms with Gasteiger partial charge in [0, 0.05) is 0 Å². The molecule has 0 aliphatic heterocycles. The third kappa shape index (κ3) is 2.14. The average Bonchev–Trinajstić information content (AvgIpc) is 2.26. The molecule has 0 radical (unpaired) electrons. The van der Waals surface area contributed by atoms with Crippen molar-refractivity contribution in [2.45, 2.75) is 13.3 Å². The van der Waals surface area contributed by atoms with E-state index in [2.05, 4.69) is 9.72 Å². The van der Waals surface area contributed by atoms with Crippen LogP contribution >= 0.6 is 0 Å². The topological polar surface area (TPSA) is 63.0 Å². The van der Waals surface area contributed by atoms with E-state index in [0.29, 0.717) is 0 Å². The molecular formula is C10H8F2N2O2. The first-order valence-corrected chi connectivity index (χ1v) is 4.29. The van der Waals surface area contributed by atoms with Crippen molar-refractivity contribution in [3.8, 4) is 6.07 Å². The van der Waals surface area contributed by atoms with Gasteiger partial charge in [-0.2, -0.15) is 5.26 Å². The summed E-state index contributed by atoms with van der Waals surface area (Å²) in [5.41, 5.74) is -0.954. The van der Waals surface area contributed by atoms with Crippen LogP contribution in [0.25, 0.3) is 0 Å². The number of halogens is 2. The lowest BCUT2D eigenvalue weighted by atomic mass is 10.1. The fourth-order valence-corrected chi connectivity index (χ4v) is 1.27. The molecule has 0 aromatic carbocycles. The average molecular weight is 226 g/mol. The van der Waals surface area contributed by atoms with Crippen LogP contribution in [0.15, 0.2) is 6.07 Å². The first kappa shape index (κ1) is 12.0. The predicted octanol–water partition coefficient (Wildman–Crippen LogP) is 1.99. The van der Waals surface area contributed by atoms with E-state index < -0.39 is 23.7 Å². The second-order valence-corrected chi connectivity index (χ2v) is 2.99. The first-order chi connectivity index (χ1) is 7.51. The molecule has 0 aliphatic rings. The Bertz CT molecular complexity index is 467. The fraction of sp³-hybridized carbons (Fsp3) is 0.300. The van der Waals surface area contributed by atoms with Gasteiger partial charge in [-0.05, 0) is 18.6 Å². The Labute approximate surface area is 90.5 Å². The summed E-state index contributed by atoms with van der Waals surface area (Å²) in [5.74, 6) is -0.976. The zero-order valence-electron chi connectivity index (χ0n) is 8.62. The summed E-state index contributed by atoms with van der Waals surface area (Å²) >= 11 is 0. The van der Waals surface area contributed by atoms with Gasteiger partial charge in [-0.25, -0.2) is 18.6 Å². The van der Waals surface area contributed by atoms with E-state index in [9.17, 15) is 13.6 Å². The highest BCUT2D eigenvalue weighted by molar-refractivity contribution is 5.89. The Hall–Kier alpha value is -2.03. The number of ether oxygens (including phenoxy) is 1. The molecule has 84 valence electrons. The highest BCUT2D eigenvalue weighted by atomic mass is 19.3. The minimum Gasteiger partial charge on any atom is -0.464 e. The highest BCUT2D eigenvalue weighted by Gasteiger charge is 2.23. The Morgan fingerprint density at radius 3 is 2.69 bits per heavy atom. The molecule has 1 aromatic heterocycles. The van der Waals surface area contributed by atoms with Gasteiger partial charge in [-0.1, -0.05) is 0 Å². The van der Waals surface area contributed by atoms with E-state index in [-0.39, 0.29) is 11.3 Å². The van der Waals surface area contributed by atoms with Gasteiger partial charge in [0.15, 0.2) is 5.69 Å². The van der Waals surface area contributed by atoms with E-state index in [0.717, 1.165) is 7.11 Å². The highest BCUT2D eigenvalue weighted by Crippen LogP contribution is 2.26. The van der Waals surface area contributed by atoms with Crippen molar-refractivity contribution in [1.82, 2.24) is 4.98 Å². The molecule has 0 bridgehead atoms. The number of nitrogens with zero attached hydrogens (tertiary/aromatic N) is 2. The van der Waals surface area contributed by atoms with Crippen molar-refractivity contribution in [2.75, 3.05) is 7.11 Å². The molecule has 0 aliphatic carbocycles. The summed E-state index contributed by atoms with van der Waals surface area (Å²) in [6.07, 6.45) is -2.84. The molecule has 0 spiro atoms. The number of alkyl halides is 2. The number of esters is 1. The third-order valence-electron chi connectivity index (χ3n) is 1.98. The van der Waals surface area contributed by atoms with Crippen LogP contribution in [0.3, 0.4) is 0 Å². The van der Waals surface area contributed by atoms with Gasteiger partial charge in [0.1, 0.15) is 11.8 Å². The van der Waals surface area contributed by atoms with Crippen LogP contribution < -0.4 is 0 Å². The summed E-state index contributed by atoms with van der Waals surface area (Å²) in [5, 5.41) is 8.62. The van der Waals surface area contributed by atoms with E-state index in [1.54, 1.807) is 6.07 Å². The number of rotatable bonds is 2. The van der Waals surface area contributed by atoms with E-state index in [1.165, 1.54) is 13.0 Å². The van der Waals surface area contributed by atoms with Crippen molar-refractivity contribution >= 4 is 5.97 Å². The van der Waals surface area contributed by atoms with Gasteiger partial charge in [-0.3, -0.25) is 0 Å². The normalized spacial score (nSPS) is 10.0. The van der Waals surface area contributed by atoms with Crippen molar-refractivity contribution in [3.63, 3.8) is 0 Å². The lowest BCUT2D eigenvalue weighted by Crippen LogP contribution is -2.11. The molecule has 0 fully saturated rings. The number of methoxy groups -OCH3 is 1. The zero-order chi connectivity index (χ0) is 12.3. The maximum absolute atomic E-state index is 12.7. The Morgan fingerprint density at radius 1 is 1.62 bits per heavy atom. The predicted molar refractivity (Wildman–Crippen MR) is 50.0 cm³/mol. The van der Waals surface area contributed by atoms with Crippen molar-refractivity contribution in [2.24, 2.45) is 0 Å². The van der Waals surface area contributed by atoms with Gasteiger partial charge in [-0.15, -0.1) is 0 Å². The van der Waals surface area contributed by atoms with Gasteiger partial charge < -0.3 is 4.74 Å². The van der Waals surface area contributed by atoms with E-state index in [1.807, 2.05) is 0 Å². The minimum atomic E-state index is -2.84. The van der Waals surface area contributed by atoms with Gasteiger partial charge in [0.05, 0.1) is 12.7 Å². The SMILES string of the molecule is COC(=O)c1nc(C#N)cc(C)c1C(F)F. The smallest absolute Gasteiger partial charge is 0.357 e. The molecule has 6 heteroatoms. The number of carbonyl (C=O) groups excluding carboxylic acids is 1. The number of pyridine rings is 1. The molecule has 4 nitrogen and oxygen atoms in total. The number of carbonyl (C=O) groups is 1. The maximum Gasteiger partial charge on any atom is 0.357 e. The Morgan fingerprint density at radius 2 is 2.25 bits per heavy atom. The van der Waals surface area contributed by atoms with E-state index >= 15 is 0 Å². The zero-order valence-corrected chi connectivity index (χ0v) is 8.62. The summed E-state index contributed by atoms with van der Waals surface area (Å²) < 4.78 is 29.7. The molecule has 0 atom stereocenters. The van der Waals surface area contributed by atoms with Crippen LogP contribution in [-0.2, 0) is 4.74 Å². The van der Waals surface area contributed by atoms with Crippen LogP contribution in [0.4, 0.5) is 8.78 Å². The van der Waals surface area contributed by atoms with Crippen LogP contribution in [-0.4, -0.2) is 18.1 Å². The molecule has 0 saturated heterocycles. The monoisotopic (exact) mass is 226 g/mol. The summed E-state index contributed by atoms with van der Waals surface area (Å²) in [4.78, 5) is 14.8. The summed E-state index contributed by atoms with van der Waals surface area (Å²) in [6.45, 7) is 1.39. The number of aromatic nitrogens is 1. The second-order valence-electron chi connectivity index (χ2n) is 2.99. The van der Waals surface area contributed by atoms with Gasteiger partial charge >= 0.3 is 5.97 Å². The molecule has 16 heavy (non-hydrogen) atoms. The fourth-order valence-electron chi connectivity index (χ4n) is 1.27. The number of aryl methyl sites for hydroxylation is 1. The molecule has 0 unspecified atom stereocenters. The largest absolute Gasteiger partial charge is 0.464 e. The van der Waals surface area contributed by atoms with Crippen LogP contribution in [0.5, 0.6) is 0 Å². The molecule has 0 N–H and O–H groups in total. The van der Waals surface area contributed by atoms with Crippen LogP contribution in [0.2, 0.25) is 0 Å². The first-order valence-electron chi connectivity index (χ1n) is 4.29. The third-order valence-corrected chi connectivity index (χ3v) is 1.98. The second kappa shape index (κ2) is 4.66. The number of hydrogen-bond acceptors (Lipinski definition) is 4. The van der Waals surface area contributed by atoms with Crippen molar-refractivity contribution in [3.05, 3.63) is 28.6 Å². The molecular weight excluding hydrogens is 218 g/mol. The molecule has 1 aromatic rings.